The third kappa shape index (κ3) is 5.89. The number of nitrogens with one attached hydrogen (secondary N) is 1. The molecule has 0 radical (unpaired) electrons. The SMILES string of the molecule is CN(C)c1ccc(NC(=O)C[C@H]([NH2+]Cc2ccccn2)C(=O)[O-])cc1. The molecule has 0 unspecified atom stereocenters. The molecule has 0 aliphatic heterocycles. The highest BCUT2D eigenvalue weighted by molar-refractivity contribution is 5.93. The summed E-state index contributed by atoms with van der Waals surface area (Å²) in [5.74, 6) is -1.64. The second-order valence-electron chi connectivity index (χ2n) is 5.88. The lowest BCUT2D eigenvalue weighted by atomic mass is 10.2. The Morgan fingerprint density at radius 1 is 1.20 bits per heavy atom. The van der Waals surface area contributed by atoms with Crippen LogP contribution in [0.4, 0.5) is 11.4 Å². The summed E-state index contributed by atoms with van der Waals surface area (Å²) in [6.45, 7) is 0.365. The van der Waals surface area contributed by atoms with Crippen LogP contribution < -0.4 is 20.6 Å². The third-order valence-electron chi connectivity index (χ3n) is 3.71. The number of carboxylic acid groups (broad SMARTS) is 1. The third-order valence-corrected chi connectivity index (χ3v) is 3.71. The summed E-state index contributed by atoms with van der Waals surface area (Å²) in [5, 5.41) is 15.5. The molecule has 3 N–H and O–H groups in total. The Bertz CT molecular complexity index is 702. The Labute approximate surface area is 146 Å². The Hall–Kier alpha value is -2.93. The smallest absolute Gasteiger partial charge is 0.230 e. The first-order chi connectivity index (χ1) is 12.0. The molecule has 0 aliphatic rings. The lowest BCUT2D eigenvalue weighted by Crippen LogP contribution is -2.92. The molecule has 1 aromatic heterocycles. The lowest BCUT2D eigenvalue weighted by molar-refractivity contribution is -0.697. The summed E-state index contributed by atoms with van der Waals surface area (Å²) in [6.07, 6.45) is 1.46. The molecule has 0 saturated heterocycles. The van der Waals surface area contributed by atoms with Crippen molar-refractivity contribution in [2.24, 2.45) is 0 Å². The van der Waals surface area contributed by atoms with E-state index in [1.807, 2.05) is 37.2 Å². The minimum Gasteiger partial charge on any atom is -0.544 e. The minimum absolute atomic E-state index is 0.176. The predicted molar refractivity (Wildman–Crippen MR) is 92.7 cm³/mol. The van der Waals surface area contributed by atoms with Crippen molar-refractivity contribution < 1.29 is 20.0 Å². The van der Waals surface area contributed by atoms with Crippen molar-refractivity contribution in [1.29, 1.82) is 0 Å². The number of benzene rings is 1. The van der Waals surface area contributed by atoms with Gasteiger partial charge in [0, 0.05) is 31.7 Å². The van der Waals surface area contributed by atoms with E-state index in [0.29, 0.717) is 12.2 Å². The van der Waals surface area contributed by atoms with Gasteiger partial charge >= 0.3 is 0 Å². The van der Waals surface area contributed by atoms with Crippen LogP contribution in [0.1, 0.15) is 12.1 Å². The van der Waals surface area contributed by atoms with Gasteiger partial charge in [0.05, 0.1) is 18.1 Å². The summed E-state index contributed by atoms with van der Waals surface area (Å²) in [7, 11) is 3.85. The maximum atomic E-state index is 12.1. The second-order valence-corrected chi connectivity index (χ2v) is 5.88. The standard InChI is InChI=1S/C18H22N4O3/c1-22(2)15-8-6-13(7-9-15)21-17(23)11-16(18(24)25)20-12-14-5-3-4-10-19-14/h3-10,16,20H,11-12H2,1-2H3,(H,21,23)(H,24,25)/t16-/m0/s1. The molecule has 1 amide bonds. The molecule has 7 nitrogen and oxygen atoms in total. The van der Waals surface area contributed by atoms with Crippen molar-refractivity contribution in [3.8, 4) is 0 Å². The van der Waals surface area contributed by atoms with Crippen molar-refractivity contribution in [2.75, 3.05) is 24.3 Å². The van der Waals surface area contributed by atoms with Gasteiger partial charge in [-0.15, -0.1) is 0 Å². The zero-order chi connectivity index (χ0) is 18.2. The number of nitrogens with zero attached hydrogens (tertiary/aromatic N) is 2. The number of hydrogen-bond donors (Lipinski definition) is 2. The lowest BCUT2D eigenvalue weighted by Gasteiger charge is -2.17. The number of aromatic nitrogens is 1. The second kappa shape index (κ2) is 8.79. The minimum atomic E-state index is -1.27. The molecule has 7 heteroatoms. The number of carbonyl (C=O) groups is 2. The van der Waals surface area contributed by atoms with Crippen molar-refractivity contribution in [1.82, 2.24) is 4.98 Å². The van der Waals surface area contributed by atoms with Gasteiger partial charge < -0.3 is 25.4 Å². The quantitative estimate of drug-likeness (QED) is 0.664. The molecule has 1 heterocycles. The van der Waals surface area contributed by atoms with Crippen molar-refractivity contribution in [3.63, 3.8) is 0 Å². The van der Waals surface area contributed by atoms with Crippen LogP contribution in [0.3, 0.4) is 0 Å². The Balaban J connectivity index is 1.90. The molecular weight excluding hydrogens is 320 g/mol. The fraction of sp³-hybridized carbons (Fsp3) is 0.278. The molecule has 0 saturated carbocycles. The van der Waals surface area contributed by atoms with Crippen LogP contribution in [0, 0.1) is 0 Å². The number of carboxylic acids is 1. The van der Waals surface area contributed by atoms with Gasteiger partial charge in [0.2, 0.25) is 5.91 Å². The van der Waals surface area contributed by atoms with Crippen LogP contribution in [0.5, 0.6) is 0 Å². The first-order valence-electron chi connectivity index (χ1n) is 7.97. The number of anilines is 2. The Morgan fingerprint density at radius 3 is 2.48 bits per heavy atom. The zero-order valence-electron chi connectivity index (χ0n) is 14.3. The monoisotopic (exact) mass is 342 g/mol. The van der Waals surface area contributed by atoms with E-state index in [9.17, 15) is 14.7 Å². The highest BCUT2D eigenvalue weighted by Gasteiger charge is 2.18. The highest BCUT2D eigenvalue weighted by atomic mass is 16.4. The summed E-state index contributed by atoms with van der Waals surface area (Å²) in [6, 6.07) is 11.7. The molecule has 0 aliphatic carbocycles. The molecule has 0 spiro atoms. The molecule has 1 atom stereocenters. The molecule has 1 aromatic carbocycles. The Morgan fingerprint density at radius 2 is 1.92 bits per heavy atom. The van der Waals surface area contributed by atoms with E-state index in [-0.39, 0.29) is 12.3 Å². The normalized spacial score (nSPS) is 11.6. The van der Waals surface area contributed by atoms with Crippen LogP contribution in [-0.4, -0.2) is 37.0 Å². The van der Waals surface area contributed by atoms with E-state index < -0.39 is 12.0 Å². The van der Waals surface area contributed by atoms with Gasteiger partial charge in [0.25, 0.3) is 0 Å². The van der Waals surface area contributed by atoms with Crippen molar-refractivity contribution in [2.45, 2.75) is 19.0 Å². The van der Waals surface area contributed by atoms with Gasteiger partial charge in [-0.3, -0.25) is 9.78 Å². The number of quaternary nitrogens is 1. The van der Waals surface area contributed by atoms with E-state index in [2.05, 4.69) is 10.3 Å². The van der Waals surface area contributed by atoms with Crippen LogP contribution in [0.2, 0.25) is 0 Å². The summed E-state index contributed by atoms with van der Waals surface area (Å²) in [5.41, 5.74) is 2.38. The van der Waals surface area contributed by atoms with Gasteiger partial charge in [-0.05, 0) is 36.4 Å². The number of aliphatic carboxylic acids is 1. The zero-order valence-corrected chi connectivity index (χ0v) is 14.3. The van der Waals surface area contributed by atoms with Gasteiger partial charge in [-0.25, -0.2) is 0 Å². The molecular formula is C18H22N4O3. The Kier molecular flexibility index (Phi) is 6.47. The number of carbonyl (C=O) groups excluding carboxylic acids is 2. The van der Waals surface area contributed by atoms with Crippen LogP contribution >= 0.6 is 0 Å². The number of rotatable bonds is 8. The number of amides is 1. The molecule has 2 aromatic rings. The maximum Gasteiger partial charge on any atom is 0.230 e. The molecule has 25 heavy (non-hydrogen) atoms. The summed E-state index contributed by atoms with van der Waals surface area (Å²) < 4.78 is 0. The number of pyridine rings is 1. The maximum absolute atomic E-state index is 12.1. The van der Waals surface area contributed by atoms with E-state index in [4.69, 9.17) is 0 Å². The molecule has 2 rings (SSSR count). The average molecular weight is 342 g/mol. The fourth-order valence-electron chi connectivity index (χ4n) is 2.30. The van der Waals surface area contributed by atoms with Gasteiger partial charge in [-0.2, -0.15) is 0 Å². The summed E-state index contributed by atoms with van der Waals surface area (Å²) >= 11 is 0. The number of nitrogens with two attached hydrogens (primary N) is 1. The fourth-order valence-corrected chi connectivity index (χ4v) is 2.30. The van der Waals surface area contributed by atoms with E-state index in [0.717, 1.165) is 11.4 Å². The van der Waals surface area contributed by atoms with Crippen molar-refractivity contribution in [3.05, 3.63) is 54.4 Å². The van der Waals surface area contributed by atoms with E-state index >= 15 is 0 Å². The van der Waals surface area contributed by atoms with Crippen molar-refractivity contribution >= 4 is 23.3 Å². The first-order valence-corrected chi connectivity index (χ1v) is 7.97. The first kappa shape index (κ1) is 18.4. The topological polar surface area (TPSA) is 102 Å². The van der Waals surface area contributed by atoms with Gasteiger partial charge in [-0.1, -0.05) is 6.07 Å². The van der Waals surface area contributed by atoms with Crippen LogP contribution in [0.25, 0.3) is 0 Å². The van der Waals surface area contributed by atoms with E-state index in [1.165, 1.54) is 0 Å². The molecule has 0 bridgehead atoms. The summed E-state index contributed by atoms with van der Waals surface area (Å²) in [4.78, 5) is 29.5. The number of hydrogen-bond acceptors (Lipinski definition) is 5. The van der Waals surface area contributed by atoms with E-state index in [1.54, 1.807) is 35.8 Å². The molecule has 0 fully saturated rings. The highest BCUT2D eigenvalue weighted by Crippen LogP contribution is 2.15. The average Bonchev–Trinajstić information content (AvgIpc) is 2.59. The predicted octanol–water partition coefficient (Wildman–Crippen LogP) is -0.642. The van der Waals surface area contributed by atoms with Crippen LogP contribution in [-0.2, 0) is 16.1 Å². The van der Waals surface area contributed by atoms with Crippen LogP contribution in [0.15, 0.2) is 48.7 Å². The molecule has 132 valence electrons. The van der Waals surface area contributed by atoms with Gasteiger partial charge in [0.15, 0.2) is 0 Å². The largest absolute Gasteiger partial charge is 0.544 e. The van der Waals surface area contributed by atoms with Gasteiger partial charge in [0.1, 0.15) is 12.6 Å².